The number of pyridine rings is 3. The Morgan fingerprint density at radius 2 is 1.85 bits per heavy atom. The van der Waals surface area contributed by atoms with E-state index >= 15 is 0 Å². The third-order valence-corrected chi connectivity index (χ3v) is 10.5. The van der Waals surface area contributed by atoms with Crippen molar-refractivity contribution in [2.45, 2.75) is 39.0 Å². The fraction of sp³-hybridized carbons (Fsp3) is 0.300. The highest BCUT2D eigenvalue weighted by Crippen LogP contribution is 2.39. The number of likely N-dealkylation sites (tertiary alicyclic amines) is 2. The van der Waals surface area contributed by atoms with Gasteiger partial charge in [-0.1, -0.05) is 23.7 Å². The third-order valence-electron chi connectivity index (χ3n) is 10.2. The molecule has 0 amide bonds. The molecule has 2 atom stereocenters. The summed E-state index contributed by atoms with van der Waals surface area (Å²) in [6.07, 6.45) is 6.58. The zero-order chi connectivity index (χ0) is 36.6. The molecule has 8 rings (SSSR count). The van der Waals surface area contributed by atoms with Crippen LogP contribution in [0.15, 0.2) is 71.5 Å². The van der Waals surface area contributed by atoms with Crippen LogP contribution in [-0.2, 0) is 22.6 Å². The maximum absolute atomic E-state index is 12.0. The fourth-order valence-corrected chi connectivity index (χ4v) is 7.72. The van der Waals surface area contributed by atoms with E-state index < -0.39 is 0 Å². The smallest absolute Gasteiger partial charge is 0.310 e. The van der Waals surface area contributed by atoms with E-state index in [1.165, 1.54) is 7.11 Å². The second kappa shape index (κ2) is 14.5. The van der Waals surface area contributed by atoms with Gasteiger partial charge in [-0.25, -0.2) is 9.97 Å². The van der Waals surface area contributed by atoms with E-state index in [0.29, 0.717) is 58.4 Å². The number of hydrogen-bond acceptors (Lipinski definition) is 12. The average Bonchev–Trinajstić information content (AvgIpc) is 3.92. The van der Waals surface area contributed by atoms with Gasteiger partial charge in [-0.05, 0) is 79.4 Å². The fourth-order valence-electron chi connectivity index (χ4n) is 7.42. The van der Waals surface area contributed by atoms with Crippen molar-refractivity contribution in [1.82, 2.24) is 29.7 Å². The van der Waals surface area contributed by atoms with Gasteiger partial charge in [-0.15, -0.1) is 0 Å². The molecule has 12 nitrogen and oxygen atoms in total. The molecule has 2 fully saturated rings. The molecular formula is C40H37ClN8O4. The molecule has 2 aromatic carbocycles. The molecular weight excluding hydrogens is 692 g/mol. The van der Waals surface area contributed by atoms with Crippen LogP contribution in [-0.4, -0.2) is 80.2 Å². The molecule has 6 heterocycles. The first-order valence-corrected chi connectivity index (χ1v) is 18.0. The van der Waals surface area contributed by atoms with Crippen LogP contribution in [0.25, 0.3) is 44.7 Å². The van der Waals surface area contributed by atoms with Crippen molar-refractivity contribution < 1.29 is 19.1 Å². The van der Waals surface area contributed by atoms with Crippen LogP contribution in [0.1, 0.15) is 35.1 Å². The summed E-state index contributed by atoms with van der Waals surface area (Å²) in [6.45, 7) is 6.22. The molecule has 53 heavy (non-hydrogen) atoms. The number of aromatic nitrogens is 4. The summed E-state index contributed by atoms with van der Waals surface area (Å²) < 4.78 is 11.1. The minimum atomic E-state index is -0.264. The number of methoxy groups -OCH3 is 1. The Morgan fingerprint density at radius 1 is 1.04 bits per heavy atom. The topological polar surface area (TPSA) is 154 Å². The Bertz CT molecular complexity index is 2410. The lowest BCUT2D eigenvalue weighted by molar-refractivity contribution is -0.144. The van der Waals surface area contributed by atoms with E-state index in [4.69, 9.17) is 30.7 Å². The Balaban J connectivity index is 1.06. The van der Waals surface area contributed by atoms with Crippen molar-refractivity contribution in [2.75, 3.05) is 38.6 Å². The summed E-state index contributed by atoms with van der Waals surface area (Å²) in [6, 6.07) is 17.7. The number of aliphatic hydroxyl groups excluding tert-OH is 1. The second-order valence-electron chi connectivity index (χ2n) is 13.7. The quantitative estimate of drug-likeness (QED) is 0.154. The number of nitrogens with one attached hydrogen (secondary N) is 1. The molecule has 2 aliphatic rings. The first kappa shape index (κ1) is 34.6. The molecule has 2 N–H and O–H groups in total. The van der Waals surface area contributed by atoms with Gasteiger partial charge in [0.1, 0.15) is 17.1 Å². The second-order valence-corrected chi connectivity index (χ2v) is 14.1. The zero-order valence-corrected chi connectivity index (χ0v) is 30.1. The van der Waals surface area contributed by atoms with Crippen molar-refractivity contribution in [2.24, 2.45) is 5.92 Å². The molecule has 6 aromatic rings. The molecule has 0 bridgehead atoms. The summed E-state index contributed by atoms with van der Waals surface area (Å²) in [5.74, 6) is 0.569. The number of ether oxygens (including phenoxy) is 1. The first-order chi connectivity index (χ1) is 25.8. The van der Waals surface area contributed by atoms with Crippen molar-refractivity contribution in [1.29, 1.82) is 5.26 Å². The first-order valence-electron chi connectivity index (χ1n) is 17.6. The van der Waals surface area contributed by atoms with Crippen molar-refractivity contribution in [3.05, 3.63) is 94.4 Å². The van der Waals surface area contributed by atoms with Gasteiger partial charge in [-0.3, -0.25) is 24.6 Å². The van der Waals surface area contributed by atoms with Crippen molar-refractivity contribution in [3.63, 3.8) is 0 Å². The summed E-state index contributed by atoms with van der Waals surface area (Å²) in [7, 11) is 1.41. The Kier molecular flexibility index (Phi) is 9.49. The van der Waals surface area contributed by atoms with Gasteiger partial charge < -0.3 is 19.6 Å². The molecule has 2 saturated heterocycles. The maximum atomic E-state index is 12.0. The number of carbonyl (C=O) groups is 1. The normalized spacial score (nSPS) is 17.8. The third kappa shape index (κ3) is 6.92. The van der Waals surface area contributed by atoms with E-state index in [2.05, 4.69) is 37.2 Å². The van der Waals surface area contributed by atoms with Gasteiger partial charge in [0.2, 0.25) is 5.89 Å². The van der Waals surface area contributed by atoms with E-state index in [1.807, 2.05) is 49.5 Å². The van der Waals surface area contributed by atoms with E-state index in [-0.39, 0.29) is 23.9 Å². The predicted molar refractivity (Wildman–Crippen MR) is 201 cm³/mol. The van der Waals surface area contributed by atoms with E-state index in [9.17, 15) is 15.2 Å². The lowest BCUT2D eigenvalue weighted by Crippen LogP contribution is -2.23. The van der Waals surface area contributed by atoms with Crippen LogP contribution in [0.3, 0.4) is 0 Å². The number of oxazole rings is 1. The van der Waals surface area contributed by atoms with Crippen LogP contribution in [0, 0.1) is 24.2 Å². The molecule has 2 aliphatic heterocycles. The lowest BCUT2D eigenvalue weighted by Gasteiger charge is -2.16. The summed E-state index contributed by atoms with van der Waals surface area (Å²) in [4.78, 5) is 35.3. The number of carbonyl (C=O) groups excluding carboxylic acids is 1. The van der Waals surface area contributed by atoms with E-state index in [0.717, 1.165) is 71.3 Å². The number of rotatable bonds is 9. The minimum absolute atomic E-state index is 0.149. The highest BCUT2D eigenvalue weighted by Gasteiger charge is 2.29. The number of nitriles is 1. The van der Waals surface area contributed by atoms with Crippen LogP contribution < -0.4 is 5.32 Å². The molecule has 0 saturated carbocycles. The highest BCUT2D eigenvalue weighted by atomic mass is 35.5. The maximum Gasteiger partial charge on any atom is 0.310 e. The number of halogens is 1. The Morgan fingerprint density at radius 3 is 2.66 bits per heavy atom. The van der Waals surface area contributed by atoms with Gasteiger partial charge in [0.05, 0.1) is 41.0 Å². The monoisotopic (exact) mass is 728 g/mol. The number of fused-ring (bicyclic) bond motifs is 2. The van der Waals surface area contributed by atoms with Crippen LogP contribution in [0.5, 0.6) is 0 Å². The Labute approximate surface area is 311 Å². The van der Waals surface area contributed by atoms with Gasteiger partial charge in [0, 0.05) is 68.0 Å². The molecule has 268 valence electrons. The van der Waals surface area contributed by atoms with Crippen molar-refractivity contribution in [3.8, 4) is 28.8 Å². The van der Waals surface area contributed by atoms with Crippen molar-refractivity contribution >= 4 is 51.1 Å². The summed E-state index contributed by atoms with van der Waals surface area (Å²) in [5.41, 5.74) is 7.71. The molecule has 0 spiro atoms. The number of anilines is 2. The lowest BCUT2D eigenvalue weighted by atomic mass is 10.0. The molecule has 13 heteroatoms. The standard InChI is InChI=1S/C40H37ClN8O4/c1-23-30(4-3-5-32(23)46-38-35-26(6-10-44-38)15-25(18-45-35)20-49-13-9-29(50)22-49)36-34(41)31(7-11-43-36)39-47-33-16-24(14-28(17-42)37(33)53-39)19-48-12-8-27(21-48)40(51)52-2/h3-7,10-11,14-16,18,27,29,50H,8-9,12-13,19-22H2,1-2H3,(H,44,46). The number of nitrogens with zero attached hydrogens (tertiary/aromatic N) is 7. The van der Waals surface area contributed by atoms with Crippen LogP contribution >= 0.6 is 11.6 Å². The largest absolute Gasteiger partial charge is 0.469 e. The summed E-state index contributed by atoms with van der Waals surface area (Å²) in [5, 5.41) is 24.8. The number of hydrogen-bond donors (Lipinski definition) is 2. The minimum Gasteiger partial charge on any atom is -0.469 e. The van der Waals surface area contributed by atoms with E-state index in [1.54, 1.807) is 18.5 Å². The summed E-state index contributed by atoms with van der Waals surface area (Å²) >= 11 is 7.09. The molecule has 4 aromatic heterocycles. The number of aliphatic hydroxyl groups is 1. The number of esters is 1. The van der Waals surface area contributed by atoms with Gasteiger partial charge >= 0.3 is 5.97 Å². The van der Waals surface area contributed by atoms with Crippen LogP contribution in [0.4, 0.5) is 11.5 Å². The van der Waals surface area contributed by atoms with Crippen LogP contribution in [0.2, 0.25) is 5.02 Å². The highest BCUT2D eigenvalue weighted by molar-refractivity contribution is 6.35. The number of benzene rings is 2. The predicted octanol–water partition coefficient (Wildman–Crippen LogP) is 6.64. The Hall–Kier alpha value is -5.45. The SMILES string of the molecule is COC(=O)C1CCN(Cc2cc(C#N)c3oc(-c4ccnc(-c5cccc(Nc6nccc7cc(CN8CCC(O)C8)cnc67)c5C)c4Cl)nc3c2)C1. The van der Waals surface area contributed by atoms with Gasteiger partial charge in [0.15, 0.2) is 11.4 Å². The van der Waals surface area contributed by atoms with Gasteiger partial charge in [0.25, 0.3) is 0 Å². The average molecular weight is 729 g/mol. The zero-order valence-electron chi connectivity index (χ0n) is 29.3. The number of β-amino-alcohol motifs (C(OH)–C–C–N with tert-alkyl or cyclic N) is 1. The molecule has 0 radical (unpaired) electrons. The molecule has 2 unspecified atom stereocenters. The van der Waals surface area contributed by atoms with Gasteiger partial charge in [-0.2, -0.15) is 5.26 Å². The molecule has 0 aliphatic carbocycles.